The molecule has 0 saturated heterocycles. The Balaban J connectivity index is 2.65. The van der Waals surface area contributed by atoms with Crippen LogP contribution in [0, 0.1) is 0 Å². The minimum atomic E-state index is -0.814. The zero-order chi connectivity index (χ0) is 10.6. The van der Waals surface area contributed by atoms with Crippen LogP contribution < -0.4 is 0 Å². The van der Waals surface area contributed by atoms with E-state index in [1.807, 2.05) is 6.92 Å². The van der Waals surface area contributed by atoms with Gasteiger partial charge in [0.1, 0.15) is 6.10 Å². The normalized spacial score (nSPS) is 15.4. The molecule has 2 unspecified atom stereocenters. The van der Waals surface area contributed by atoms with Crippen molar-refractivity contribution in [2.45, 2.75) is 45.4 Å². The molecular formula is C10H18N2O2. The highest BCUT2D eigenvalue weighted by Crippen LogP contribution is 2.17. The Bertz CT molecular complexity index is 273. The Morgan fingerprint density at radius 3 is 2.71 bits per heavy atom. The summed E-state index contributed by atoms with van der Waals surface area (Å²) in [6.45, 7) is 4.75. The van der Waals surface area contributed by atoms with Crippen molar-refractivity contribution in [3.8, 4) is 0 Å². The summed E-state index contributed by atoms with van der Waals surface area (Å²) in [6.07, 6.45) is 3.43. The molecule has 0 bridgehead atoms. The van der Waals surface area contributed by atoms with E-state index in [0.29, 0.717) is 12.0 Å². The van der Waals surface area contributed by atoms with E-state index in [1.54, 1.807) is 17.1 Å². The van der Waals surface area contributed by atoms with Crippen molar-refractivity contribution in [3.05, 3.63) is 18.0 Å². The van der Waals surface area contributed by atoms with Gasteiger partial charge in [0.2, 0.25) is 0 Å². The monoisotopic (exact) mass is 198 g/mol. The van der Waals surface area contributed by atoms with Crippen LogP contribution in [0.3, 0.4) is 0 Å². The van der Waals surface area contributed by atoms with Crippen LogP contribution in [0.4, 0.5) is 0 Å². The Kier molecular flexibility index (Phi) is 4.10. The molecule has 1 rings (SSSR count). The van der Waals surface area contributed by atoms with Gasteiger partial charge < -0.3 is 10.2 Å². The van der Waals surface area contributed by atoms with E-state index in [2.05, 4.69) is 12.0 Å². The van der Waals surface area contributed by atoms with Crippen molar-refractivity contribution in [2.24, 2.45) is 0 Å². The van der Waals surface area contributed by atoms with Crippen molar-refractivity contribution >= 4 is 0 Å². The summed E-state index contributed by atoms with van der Waals surface area (Å²) in [5.41, 5.74) is 0.688. The average molecular weight is 198 g/mol. The van der Waals surface area contributed by atoms with Gasteiger partial charge in [0.25, 0.3) is 0 Å². The maximum absolute atomic E-state index is 9.67. The summed E-state index contributed by atoms with van der Waals surface area (Å²) in [4.78, 5) is 0. The minimum Gasteiger partial charge on any atom is -0.390 e. The van der Waals surface area contributed by atoms with E-state index < -0.39 is 12.2 Å². The van der Waals surface area contributed by atoms with Gasteiger partial charge in [-0.3, -0.25) is 4.68 Å². The Morgan fingerprint density at radius 1 is 1.43 bits per heavy atom. The molecule has 0 aromatic carbocycles. The predicted molar refractivity (Wildman–Crippen MR) is 53.8 cm³/mol. The number of aryl methyl sites for hydroxylation is 1. The molecule has 1 aromatic heterocycles. The van der Waals surface area contributed by atoms with Crippen LogP contribution in [-0.4, -0.2) is 26.1 Å². The smallest absolute Gasteiger partial charge is 0.108 e. The number of aliphatic hydroxyl groups is 2. The SMILES string of the molecule is CCCn1cc(C(O)C(O)CC)cn1. The first-order chi connectivity index (χ1) is 6.69. The summed E-state index contributed by atoms with van der Waals surface area (Å²) >= 11 is 0. The van der Waals surface area contributed by atoms with Crippen LogP contribution in [0.1, 0.15) is 38.4 Å². The number of aromatic nitrogens is 2. The van der Waals surface area contributed by atoms with Gasteiger partial charge in [-0.2, -0.15) is 5.10 Å². The molecule has 2 N–H and O–H groups in total. The molecule has 4 nitrogen and oxygen atoms in total. The molecule has 0 aliphatic rings. The summed E-state index contributed by atoms with van der Waals surface area (Å²) in [7, 11) is 0. The van der Waals surface area contributed by atoms with Crippen molar-refractivity contribution in [3.63, 3.8) is 0 Å². The minimum absolute atomic E-state index is 0.542. The lowest BCUT2D eigenvalue weighted by atomic mass is 10.1. The molecule has 0 spiro atoms. The lowest BCUT2D eigenvalue weighted by Crippen LogP contribution is -2.16. The van der Waals surface area contributed by atoms with Gasteiger partial charge in [0.15, 0.2) is 0 Å². The topological polar surface area (TPSA) is 58.3 Å². The largest absolute Gasteiger partial charge is 0.390 e. The number of rotatable bonds is 5. The Labute approximate surface area is 84.2 Å². The summed E-state index contributed by atoms with van der Waals surface area (Å²) in [5.74, 6) is 0. The van der Waals surface area contributed by atoms with Crippen molar-refractivity contribution in [1.82, 2.24) is 9.78 Å². The van der Waals surface area contributed by atoms with Crippen LogP contribution in [0.25, 0.3) is 0 Å². The average Bonchev–Trinajstić information content (AvgIpc) is 2.64. The fraction of sp³-hybridized carbons (Fsp3) is 0.700. The molecule has 0 amide bonds. The number of hydrogen-bond donors (Lipinski definition) is 2. The Morgan fingerprint density at radius 2 is 2.14 bits per heavy atom. The molecule has 0 aliphatic heterocycles. The highest BCUT2D eigenvalue weighted by atomic mass is 16.3. The first-order valence-corrected chi connectivity index (χ1v) is 5.07. The van der Waals surface area contributed by atoms with Crippen molar-refractivity contribution in [1.29, 1.82) is 0 Å². The molecule has 0 radical (unpaired) electrons. The zero-order valence-electron chi connectivity index (χ0n) is 8.72. The molecule has 0 saturated carbocycles. The molecule has 4 heteroatoms. The van der Waals surface area contributed by atoms with E-state index in [4.69, 9.17) is 0 Å². The maximum Gasteiger partial charge on any atom is 0.108 e. The van der Waals surface area contributed by atoms with Gasteiger partial charge in [-0.05, 0) is 12.8 Å². The standard InChI is InChI=1S/C10H18N2O2/c1-3-5-12-7-8(6-11-12)10(14)9(13)4-2/h6-7,9-10,13-14H,3-5H2,1-2H3. The lowest BCUT2D eigenvalue weighted by Gasteiger charge is -2.13. The van der Waals surface area contributed by atoms with E-state index >= 15 is 0 Å². The number of hydrogen-bond acceptors (Lipinski definition) is 3. The fourth-order valence-corrected chi connectivity index (χ4v) is 1.33. The molecule has 0 fully saturated rings. The molecule has 2 atom stereocenters. The lowest BCUT2D eigenvalue weighted by molar-refractivity contribution is 0.0164. The van der Waals surface area contributed by atoms with Crippen molar-refractivity contribution in [2.75, 3.05) is 0 Å². The first kappa shape index (κ1) is 11.2. The third-order valence-corrected chi connectivity index (χ3v) is 2.23. The summed E-state index contributed by atoms with van der Waals surface area (Å²) in [6, 6.07) is 0. The second kappa shape index (κ2) is 5.12. The van der Waals surface area contributed by atoms with Crippen LogP contribution in [-0.2, 0) is 6.54 Å². The van der Waals surface area contributed by atoms with E-state index in [9.17, 15) is 10.2 Å². The van der Waals surface area contributed by atoms with Gasteiger partial charge in [-0.1, -0.05) is 13.8 Å². The predicted octanol–water partition coefficient (Wildman–Crippen LogP) is 1.10. The van der Waals surface area contributed by atoms with Crippen LogP contribution >= 0.6 is 0 Å². The van der Waals surface area contributed by atoms with Crippen LogP contribution in [0.15, 0.2) is 12.4 Å². The second-order valence-corrected chi connectivity index (χ2v) is 3.46. The first-order valence-electron chi connectivity index (χ1n) is 5.07. The highest BCUT2D eigenvalue weighted by Gasteiger charge is 2.17. The van der Waals surface area contributed by atoms with Crippen LogP contribution in [0.5, 0.6) is 0 Å². The van der Waals surface area contributed by atoms with Gasteiger partial charge in [-0.25, -0.2) is 0 Å². The quantitative estimate of drug-likeness (QED) is 0.744. The highest BCUT2D eigenvalue weighted by molar-refractivity contribution is 5.09. The van der Waals surface area contributed by atoms with Crippen molar-refractivity contribution < 1.29 is 10.2 Å². The molecule has 1 heterocycles. The maximum atomic E-state index is 9.67. The van der Waals surface area contributed by atoms with Gasteiger partial charge in [0, 0.05) is 18.3 Å². The fourth-order valence-electron chi connectivity index (χ4n) is 1.33. The summed E-state index contributed by atoms with van der Waals surface area (Å²) < 4.78 is 1.78. The van der Waals surface area contributed by atoms with Crippen LogP contribution in [0.2, 0.25) is 0 Å². The van der Waals surface area contributed by atoms with Gasteiger partial charge >= 0.3 is 0 Å². The Hall–Kier alpha value is -0.870. The third-order valence-electron chi connectivity index (χ3n) is 2.23. The number of aliphatic hydroxyl groups excluding tert-OH is 2. The van der Waals surface area contributed by atoms with Gasteiger partial charge in [-0.15, -0.1) is 0 Å². The molecule has 80 valence electrons. The van der Waals surface area contributed by atoms with Gasteiger partial charge in [0.05, 0.1) is 12.3 Å². The van der Waals surface area contributed by atoms with E-state index in [-0.39, 0.29) is 0 Å². The molecule has 0 aliphatic carbocycles. The summed E-state index contributed by atoms with van der Waals surface area (Å²) in [5, 5.41) is 23.2. The van der Waals surface area contributed by atoms with E-state index in [0.717, 1.165) is 13.0 Å². The third kappa shape index (κ3) is 2.56. The zero-order valence-corrected chi connectivity index (χ0v) is 8.72. The van der Waals surface area contributed by atoms with E-state index in [1.165, 1.54) is 0 Å². The molecule has 14 heavy (non-hydrogen) atoms. The molecule has 1 aromatic rings. The number of nitrogens with zero attached hydrogens (tertiary/aromatic N) is 2. The molecular weight excluding hydrogens is 180 g/mol. The second-order valence-electron chi connectivity index (χ2n) is 3.46.